The molecule has 16 heavy (non-hydrogen) atoms. The van der Waals surface area contributed by atoms with Gasteiger partial charge in [0.2, 0.25) is 0 Å². The molecule has 0 saturated heterocycles. The quantitative estimate of drug-likeness (QED) is 0.486. The van der Waals surface area contributed by atoms with Gasteiger partial charge in [0.1, 0.15) is 5.76 Å². The lowest BCUT2D eigenvalue weighted by Crippen LogP contribution is -2.09. The van der Waals surface area contributed by atoms with Gasteiger partial charge in [-0.15, -0.1) is 11.8 Å². The monoisotopic (exact) mass is 232 g/mol. The highest BCUT2D eigenvalue weighted by Gasteiger charge is 2.06. The number of thioether (sulfide) groups is 1. The summed E-state index contributed by atoms with van der Waals surface area (Å²) in [5, 5.41) is 7.26. The minimum Gasteiger partial charge on any atom is -0.453 e. The Bertz CT molecular complexity index is 502. The average molecular weight is 232 g/mol. The van der Waals surface area contributed by atoms with E-state index in [1.165, 1.54) is 4.90 Å². The molecule has 2 aromatic rings. The van der Waals surface area contributed by atoms with E-state index < -0.39 is 0 Å². The topological polar surface area (TPSA) is 63.0 Å². The van der Waals surface area contributed by atoms with Crippen LogP contribution in [0.2, 0.25) is 0 Å². The van der Waals surface area contributed by atoms with Crippen molar-refractivity contribution in [3.05, 3.63) is 42.2 Å². The van der Waals surface area contributed by atoms with Crippen molar-refractivity contribution in [2.24, 2.45) is 5.73 Å². The minimum atomic E-state index is -0.0491. The van der Waals surface area contributed by atoms with Crippen molar-refractivity contribution >= 4 is 17.6 Å². The lowest BCUT2D eigenvalue weighted by atomic mass is 10.2. The maximum Gasteiger partial charge on any atom is 0.168 e. The number of amidine groups is 1. The van der Waals surface area contributed by atoms with Gasteiger partial charge in [-0.05, 0) is 30.5 Å². The molecule has 0 unspecified atom stereocenters. The smallest absolute Gasteiger partial charge is 0.168 e. The van der Waals surface area contributed by atoms with Crippen molar-refractivity contribution in [3.63, 3.8) is 0 Å². The van der Waals surface area contributed by atoms with Crippen LogP contribution in [-0.2, 0) is 0 Å². The Balaban J connectivity index is 2.31. The predicted molar refractivity (Wildman–Crippen MR) is 66.9 cm³/mol. The van der Waals surface area contributed by atoms with Gasteiger partial charge in [0.05, 0.1) is 0 Å². The molecule has 1 aromatic heterocycles. The van der Waals surface area contributed by atoms with Gasteiger partial charge in [-0.1, -0.05) is 12.1 Å². The number of nitrogen functional groups attached to an aromatic ring is 1. The Kier molecular flexibility index (Phi) is 3.01. The van der Waals surface area contributed by atoms with Gasteiger partial charge >= 0.3 is 0 Å². The molecule has 0 amide bonds. The molecule has 0 radical (unpaired) electrons. The molecule has 0 aliphatic rings. The number of hydrogen-bond donors (Lipinski definition) is 2. The fourth-order valence-electron chi connectivity index (χ4n) is 1.39. The number of hydrogen-bond acceptors (Lipinski definition) is 3. The van der Waals surface area contributed by atoms with Crippen LogP contribution in [0, 0.1) is 5.41 Å². The van der Waals surface area contributed by atoms with E-state index in [4.69, 9.17) is 15.6 Å². The fourth-order valence-corrected chi connectivity index (χ4v) is 1.80. The molecule has 3 N–H and O–H groups in total. The van der Waals surface area contributed by atoms with Gasteiger partial charge in [0.15, 0.2) is 11.6 Å². The van der Waals surface area contributed by atoms with Crippen LogP contribution in [-0.4, -0.2) is 12.1 Å². The SMILES string of the molecule is CSc1ccc(-c2ccc(C(=N)N)o2)cc1. The van der Waals surface area contributed by atoms with E-state index in [0.717, 1.165) is 11.3 Å². The van der Waals surface area contributed by atoms with Crippen LogP contribution in [0.1, 0.15) is 5.76 Å². The van der Waals surface area contributed by atoms with E-state index in [0.29, 0.717) is 5.76 Å². The van der Waals surface area contributed by atoms with Gasteiger partial charge in [-0.2, -0.15) is 0 Å². The largest absolute Gasteiger partial charge is 0.453 e. The summed E-state index contributed by atoms with van der Waals surface area (Å²) in [4.78, 5) is 1.21. The number of nitrogens with two attached hydrogens (primary N) is 1. The molecule has 0 atom stereocenters. The van der Waals surface area contributed by atoms with Crippen LogP contribution in [0.25, 0.3) is 11.3 Å². The van der Waals surface area contributed by atoms with Gasteiger partial charge in [-0.25, -0.2) is 0 Å². The van der Waals surface area contributed by atoms with E-state index in [1.807, 2.05) is 36.6 Å². The lowest BCUT2D eigenvalue weighted by Gasteiger charge is -1.99. The zero-order valence-corrected chi connectivity index (χ0v) is 9.67. The van der Waals surface area contributed by atoms with Crippen LogP contribution >= 0.6 is 11.8 Å². The Labute approximate surface area is 98.2 Å². The van der Waals surface area contributed by atoms with Crippen molar-refractivity contribution in [1.29, 1.82) is 5.41 Å². The second-order valence-corrected chi connectivity index (χ2v) is 4.19. The number of furan rings is 1. The lowest BCUT2D eigenvalue weighted by molar-refractivity contribution is 0.571. The second-order valence-electron chi connectivity index (χ2n) is 3.31. The van der Waals surface area contributed by atoms with Crippen molar-refractivity contribution in [2.75, 3.05) is 6.26 Å². The molecule has 82 valence electrons. The second kappa shape index (κ2) is 4.45. The molecule has 2 rings (SSSR count). The van der Waals surface area contributed by atoms with Crippen LogP contribution in [0.15, 0.2) is 45.7 Å². The summed E-state index contributed by atoms with van der Waals surface area (Å²) in [6.07, 6.45) is 2.04. The van der Waals surface area contributed by atoms with Crippen molar-refractivity contribution in [3.8, 4) is 11.3 Å². The number of benzene rings is 1. The molecule has 0 saturated carbocycles. The van der Waals surface area contributed by atoms with Crippen molar-refractivity contribution in [2.45, 2.75) is 4.90 Å². The molecule has 0 aliphatic carbocycles. The maximum absolute atomic E-state index is 7.26. The van der Waals surface area contributed by atoms with E-state index in [2.05, 4.69) is 0 Å². The Morgan fingerprint density at radius 3 is 2.38 bits per heavy atom. The van der Waals surface area contributed by atoms with Gasteiger partial charge < -0.3 is 10.2 Å². The molecule has 0 fully saturated rings. The molecular weight excluding hydrogens is 220 g/mol. The highest BCUT2D eigenvalue weighted by atomic mass is 32.2. The van der Waals surface area contributed by atoms with Crippen LogP contribution in [0.5, 0.6) is 0 Å². The zero-order valence-electron chi connectivity index (χ0n) is 8.86. The van der Waals surface area contributed by atoms with Crippen LogP contribution in [0.4, 0.5) is 0 Å². The van der Waals surface area contributed by atoms with Crippen molar-refractivity contribution in [1.82, 2.24) is 0 Å². The number of nitrogens with one attached hydrogen (secondary N) is 1. The first-order valence-corrected chi connectivity index (χ1v) is 6.02. The first kappa shape index (κ1) is 10.8. The number of rotatable bonds is 3. The summed E-state index contributed by atoms with van der Waals surface area (Å²) in [6.45, 7) is 0. The molecule has 3 nitrogen and oxygen atoms in total. The van der Waals surface area contributed by atoms with E-state index in [9.17, 15) is 0 Å². The summed E-state index contributed by atoms with van der Waals surface area (Å²) in [5.74, 6) is 1.09. The summed E-state index contributed by atoms with van der Waals surface area (Å²) >= 11 is 1.70. The molecular formula is C12H12N2OS. The van der Waals surface area contributed by atoms with Crippen LogP contribution in [0.3, 0.4) is 0 Å². The van der Waals surface area contributed by atoms with Crippen LogP contribution < -0.4 is 5.73 Å². The van der Waals surface area contributed by atoms with Crippen molar-refractivity contribution < 1.29 is 4.42 Å². The Morgan fingerprint density at radius 1 is 1.19 bits per heavy atom. The molecule has 0 bridgehead atoms. The minimum absolute atomic E-state index is 0.0491. The molecule has 0 spiro atoms. The van der Waals surface area contributed by atoms with Gasteiger partial charge in [0.25, 0.3) is 0 Å². The first-order valence-electron chi connectivity index (χ1n) is 4.79. The highest BCUT2D eigenvalue weighted by molar-refractivity contribution is 7.98. The standard InChI is InChI=1S/C12H12N2OS/c1-16-9-4-2-8(3-5-9)10-6-7-11(15-10)12(13)14/h2-7H,1H3,(H3,13,14). The predicted octanol–water partition coefficient (Wildman–Crippen LogP) is 2.95. The third kappa shape index (κ3) is 2.12. The molecule has 1 heterocycles. The van der Waals surface area contributed by atoms with Gasteiger partial charge in [0, 0.05) is 10.5 Å². The third-order valence-corrected chi connectivity index (χ3v) is 2.99. The molecule has 4 heteroatoms. The third-order valence-electron chi connectivity index (χ3n) is 2.25. The Hall–Kier alpha value is -1.68. The normalized spacial score (nSPS) is 10.3. The fraction of sp³-hybridized carbons (Fsp3) is 0.0833. The van der Waals surface area contributed by atoms with E-state index in [-0.39, 0.29) is 5.84 Å². The van der Waals surface area contributed by atoms with E-state index >= 15 is 0 Å². The van der Waals surface area contributed by atoms with E-state index in [1.54, 1.807) is 17.8 Å². The summed E-state index contributed by atoms with van der Waals surface area (Å²) in [6, 6.07) is 11.6. The van der Waals surface area contributed by atoms with Gasteiger partial charge in [-0.3, -0.25) is 5.41 Å². The maximum atomic E-state index is 7.26. The molecule has 1 aromatic carbocycles. The summed E-state index contributed by atoms with van der Waals surface area (Å²) in [7, 11) is 0. The highest BCUT2D eigenvalue weighted by Crippen LogP contribution is 2.24. The Morgan fingerprint density at radius 2 is 1.88 bits per heavy atom. The zero-order chi connectivity index (χ0) is 11.5. The first-order chi connectivity index (χ1) is 7.70. The molecule has 0 aliphatic heterocycles. The average Bonchev–Trinajstić information content (AvgIpc) is 2.78. The summed E-state index contributed by atoms with van der Waals surface area (Å²) < 4.78 is 5.45. The summed E-state index contributed by atoms with van der Waals surface area (Å²) in [5.41, 5.74) is 6.33.